The van der Waals surface area contributed by atoms with Crippen LogP contribution in [0, 0.1) is 13.8 Å². The van der Waals surface area contributed by atoms with E-state index in [2.05, 4.69) is 0 Å². The first-order valence-corrected chi connectivity index (χ1v) is 5.31. The Balaban J connectivity index is 2.72. The fourth-order valence-electron chi connectivity index (χ4n) is 2.02. The Morgan fingerprint density at radius 1 is 0.824 bits per heavy atom. The third-order valence-corrected chi connectivity index (χ3v) is 2.71. The first-order valence-electron chi connectivity index (χ1n) is 5.31. The molecular formula is C14H14O3. The summed E-state index contributed by atoms with van der Waals surface area (Å²) in [6.07, 6.45) is 0. The number of aryl methyl sites for hydroxylation is 2. The molecule has 0 aliphatic heterocycles. The Morgan fingerprint density at radius 3 is 2.18 bits per heavy atom. The van der Waals surface area contributed by atoms with Crippen molar-refractivity contribution in [1.82, 2.24) is 0 Å². The van der Waals surface area contributed by atoms with Gasteiger partial charge in [-0.05, 0) is 49.2 Å². The zero-order valence-corrected chi connectivity index (χ0v) is 9.73. The summed E-state index contributed by atoms with van der Waals surface area (Å²) in [5.74, 6) is 0.186. The lowest BCUT2D eigenvalue weighted by molar-refractivity contribution is 0.459. The summed E-state index contributed by atoms with van der Waals surface area (Å²) in [7, 11) is 0. The predicted octanol–water partition coefficient (Wildman–Crippen LogP) is 3.09. The number of benzene rings is 2. The molecule has 2 aromatic rings. The highest BCUT2D eigenvalue weighted by Gasteiger charge is 2.13. The number of rotatable bonds is 1. The second-order valence-corrected chi connectivity index (χ2v) is 4.18. The quantitative estimate of drug-likeness (QED) is 0.660. The molecule has 88 valence electrons. The number of phenolic OH excluding ortho intramolecular Hbond substituents is 3. The van der Waals surface area contributed by atoms with Crippen LogP contribution in [0.3, 0.4) is 0 Å². The van der Waals surface area contributed by atoms with E-state index in [9.17, 15) is 15.3 Å². The number of hydrogen-bond donors (Lipinski definition) is 3. The average Bonchev–Trinajstić information content (AvgIpc) is 2.21. The molecule has 0 saturated heterocycles. The van der Waals surface area contributed by atoms with Gasteiger partial charge >= 0.3 is 0 Å². The zero-order valence-electron chi connectivity index (χ0n) is 9.73. The first-order chi connectivity index (χ1) is 7.99. The molecule has 17 heavy (non-hydrogen) atoms. The minimum atomic E-state index is 0.0325. The molecule has 3 heteroatoms. The van der Waals surface area contributed by atoms with Gasteiger partial charge in [0.15, 0.2) is 0 Å². The first kappa shape index (κ1) is 11.3. The van der Waals surface area contributed by atoms with Gasteiger partial charge in [0.1, 0.15) is 17.2 Å². The summed E-state index contributed by atoms with van der Waals surface area (Å²) in [4.78, 5) is 0. The van der Waals surface area contributed by atoms with Crippen molar-refractivity contribution in [3.63, 3.8) is 0 Å². The van der Waals surface area contributed by atoms with Crippen LogP contribution in [0.2, 0.25) is 0 Å². The highest BCUT2D eigenvalue weighted by molar-refractivity contribution is 5.79. The lowest BCUT2D eigenvalue weighted by Gasteiger charge is -2.12. The van der Waals surface area contributed by atoms with E-state index in [1.54, 1.807) is 6.07 Å². The molecule has 0 amide bonds. The van der Waals surface area contributed by atoms with Gasteiger partial charge in [0.2, 0.25) is 0 Å². The van der Waals surface area contributed by atoms with E-state index in [-0.39, 0.29) is 17.2 Å². The molecule has 3 N–H and O–H groups in total. The normalized spacial score (nSPS) is 10.5. The highest BCUT2D eigenvalue weighted by Crippen LogP contribution is 2.39. The summed E-state index contributed by atoms with van der Waals surface area (Å²) in [6, 6.07) is 7.79. The molecule has 0 heterocycles. The van der Waals surface area contributed by atoms with E-state index < -0.39 is 0 Å². The lowest BCUT2D eigenvalue weighted by Crippen LogP contribution is -1.87. The van der Waals surface area contributed by atoms with Gasteiger partial charge in [-0.1, -0.05) is 6.07 Å². The van der Waals surface area contributed by atoms with Crippen LogP contribution >= 0.6 is 0 Å². The average molecular weight is 230 g/mol. The van der Waals surface area contributed by atoms with E-state index in [1.165, 1.54) is 18.2 Å². The largest absolute Gasteiger partial charge is 0.508 e. The fraction of sp³-hybridized carbons (Fsp3) is 0.143. The lowest BCUT2D eigenvalue weighted by atomic mass is 9.96. The monoisotopic (exact) mass is 230 g/mol. The van der Waals surface area contributed by atoms with Crippen LogP contribution in [0.5, 0.6) is 17.2 Å². The van der Waals surface area contributed by atoms with Crippen LogP contribution in [0.1, 0.15) is 11.1 Å². The number of hydrogen-bond acceptors (Lipinski definition) is 3. The van der Waals surface area contributed by atoms with Crippen molar-refractivity contribution in [2.75, 3.05) is 0 Å². The molecule has 2 aromatic carbocycles. The summed E-state index contributed by atoms with van der Waals surface area (Å²) < 4.78 is 0. The standard InChI is InChI=1S/C14H14O3/c1-8-5-9(2)14(13(17)6-8)11-7-10(15)3-4-12(11)16/h3-7,15-17H,1-2H3. The second kappa shape index (κ2) is 4.01. The Hall–Kier alpha value is -2.16. The molecule has 0 aliphatic rings. The SMILES string of the molecule is Cc1cc(C)c(-c2cc(O)ccc2O)c(O)c1. The summed E-state index contributed by atoms with van der Waals surface area (Å²) in [5, 5.41) is 29.2. The van der Waals surface area contributed by atoms with E-state index in [1.807, 2.05) is 19.9 Å². The molecule has 0 aliphatic carbocycles. The molecule has 0 unspecified atom stereocenters. The van der Waals surface area contributed by atoms with Crippen molar-refractivity contribution < 1.29 is 15.3 Å². The van der Waals surface area contributed by atoms with Crippen molar-refractivity contribution >= 4 is 0 Å². The van der Waals surface area contributed by atoms with Crippen molar-refractivity contribution in [3.05, 3.63) is 41.5 Å². The maximum atomic E-state index is 9.95. The summed E-state index contributed by atoms with van der Waals surface area (Å²) in [5.41, 5.74) is 2.77. The molecule has 0 radical (unpaired) electrons. The molecule has 3 nitrogen and oxygen atoms in total. The van der Waals surface area contributed by atoms with E-state index in [0.717, 1.165) is 11.1 Å². The third kappa shape index (κ3) is 2.04. The fourth-order valence-corrected chi connectivity index (χ4v) is 2.02. The van der Waals surface area contributed by atoms with Gasteiger partial charge in [0.05, 0.1) is 0 Å². The topological polar surface area (TPSA) is 60.7 Å². The van der Waals surface area contributed by atoms with Crippen LogP contribution in [0.15, 0.2) is 30.3 Å². The van der Waals surface area contributed by atoms with Gasteiger partial charge in [-0.25, -0.2) is 0 Å². The molecule has 2 rings (SSSR count). The van der Waals surface area contributed by atoms with Crippen molar-refractivity contribution in [1.29, 1.82) is 0 Å². The minimum Gasteiger partial charge on any atom is -0.508 e. The maximum absolute atomic E-state index is 9.95. The van der Waals surface area contributed by atoms with Crippen LogP contribution in [-0.4, -0.2) is 15.3 Å². The van der Waals surface area contributed by atoms with Crippen molar-refractivity contribution in [2.45, 2.75) is 13.8 Å². The van der Waals surface area contributed by atoms with Gasteiger partial charge in [-0.15, -0.1) is 0 Å². The molecule has 0 spiro atoms. The van der Waals surface area contributed by atoms with E-state index in [0.29, 0.717) is 11.1 Å². The van der Waals surface area contributed by atoms with Crippen LogP contribution in [0.4, 0.5) is 0 Å². The van der Waals surface area contributed by atoms with E-state index >= 15 is 0 Å². The Bertz CT molecular complexity index is 551. The molecule has 0 aromatic heterocycles. The Morgan fingerprint density at radius 2 is 1.53 bits per heavy atom. The van der Waals surface area contributed by atoms with Crippen molar-refractivity contribution in [3.8, 4) is 28.4 Å². The molecule has 0 saturated carbocycles. The Kier molecular flexibility index (Phi) is 2.68. The predicted molar refractivity (Wildman–Crippen MR) is 66.3 cm³/mol. The molecule has 0 atom stereocenters. The van der Waals surface area contributed by atoms with Crippen molar-refractivity contribution in [2.24, 2.45) is 0 Å². The van der Waals surface area contributed by atoms with Crippen LogP contribution < -0.4 is 0 Å². The Labute approximate surface area is 99.6 Å². The minimum absolute atomic E-state index is 0.0325. The van der Waals surface area contributed by atoms with Gasteiger partial charge < -0.3 is 15.3 Å². The number of aromatic hydroxyl groups is 3. The second-order valence-electron chi connectivity index (χ2n) is 4.18. The number of phenols is 3. The third-order valence-electron chi connectivity index (χ3n) is 2.71. The van der Waals surface area contributed by atoms with Crippen LogP contribution in [-0.2, 0) is 0 Å². The summed E-state index contributed by atoms with van der Waals surface area (Å²) >= 11 is 0. The van der Waals surface area contributed by atoms with Gasteiger partial charge in [0, 0.05) is 11.1 Å². The van der Waals surface area contributed by atoms with E-state index in [4.69, 9.17) is 0 Å². The molecule has 0 fully saturated rings. The highest BCUT2D eigenvalue weighted by atomic mass is 16.3. The zero-order chi connectivity index (χ0) is 12.6. The maximum Gasteiger partial charge on any atom is 0.124 e. The van der Waals surface area contributed by atoms with Gasteiger partial charge in [-0.3, -0.25) is 0 Å². The smallest absolute Gasteiger partial charge is 0.124 e. The molecular weight excluding hydrogens is 216 g/mol. The van der Waals surface area contributed by atoms with Crippen LogP contribution in [0.25, 0.3) is 11.1 Å². The molecule has 0 bridgehead atoms. The van der Waals surface area contributed by atoms with Gasteiger partial charge in [0.25, 0.3) is 0 Å². The summed E-state index contributed by atoms with van der Waals surface area (Å²) in [6.45, 7) is 3.74. The van der Waals surface area contributed by atoms with Gasteiger partial charge in [-0.2, -0.15) is 0 Å².